The molecule has 0 saturated carbocycles. The van der Waals surface area contributed by atoms with Crippen molar-refractivity contribution < 1.29 is 24.2 Å². The molecule has 0 aromatic heterocycles. The van der Waals surface area contributed by atoms with Gasteiger partial charge in [0.05, 0.1) is 6.61 Å². The van der Waals surface area contributed by atoms with E-state index in [1.165, 1.54) is 148 Å². The minimum Gasteiger partial charge on any atom is -0.462 e. The number of aliphatic hydroxyl groups excluding tert-OH is 1. The van der Waals surface area contributed by atoms with Crippen LogP contribution < -0.4 is 0 Å². The molecule has 5 heteroatoms. The first-order chi connectivity index (χ1) is 32.6. The van der Waals surface area contributed by atoms with Gasteiger partial charge in [-0.3, -0.25) is 9.59 Å². The summed E-state index contributed by atoms with van der Waals surface area (Å²) in [5.74, 6) is -0.594. The molecular formula is C61H104O5. The molecule has 0 fully saturated rings. The maximum atomic E-state index is 12.3. The van der Waals surface area contributed by atoms with Crippen LogP contribution in [0.25, 0.3) is 0 Å². The number of allylic oxidation sites excluding steroid dienone is 16. The number of hydrogen-bond donors (Lipinski definition) is 1. The Bertz CT molecular complexity index is 1270. The first-order valence-corrected chi connectivity index (χ1v) is 27.8. The smallest absolute Gasteiger partial charge is 0.306 e. The molecule has 5 nitrogen and oxygen atoms in total. The number of aliphatic hydroxyl groups is 1. The molecule has 378 valence electrons. The first kappa shape index (κ1) is 62.8. The van der Waals surface area contributed by atoms with E-state index < -0.39 is 6.10 Å². The van der Waals surface area contributed by atoms with E-state index in [-0.39, 0.29) is 25.2 Å². The van der Waals surface area contributed by atoms with Crippen molar-refractivity contribution in [3.05, 3.63) is 97.2 Å². The molecule has 0 aliphatic carbocycles. The molecule has 1 atom stereocenters. The molecule has 0 aromatic rings. The third-order valence-corrected chi connectivity index (χ3v) is 11.9. The van der Waals surface area contributed by atoms with E-state index in [9.17, 15) is 14.7 Å². The Morgan fingerprint density at radius 2 is 0.652 bits per heavy atom. The second kappa shape index (κ2) is 56.1. The van der Waals surface area contributed by atoms with Gasteiger partial charge in [0.2, 0.25) is 0 Å². The van der Waals surface area contributed by atoms with Gasteiger partial charge < -0.3 is 14.6 Å². The monoisotopic (exact) mass is 917 g/mol. The number of rotatable bonds is 50. The quantitative estimate of drug-likeness (QED) is 0.0374. The maximum absolute atomic E-state index is 12.3. The highest BCUT2D eigenvalue weighted by molar-refractivity contribution is 5.70. The number of unbranched alkanes of at least 4 members (excludes halogenated alkanes) is 26. The third kappa shape index (κ3) is 53.4. The number of esters is 2. The van der Waals surface area contributed by atoms with Gasteiger partial charge in [-0.1, -0.05) is 246 Å². The minimum absolute atomic E-state index is 0.0707. The average Bonchev–Trinajstić information content (AvgIpc) is 3.32. The highest BCUT2D eigenvalue weighted by Gasteiger charge is 2.16. The predicted molar refractivity (Wildman–Crippen MR) is 288 cm³/mol. The van der Waals surface area contributed by atoms with E-state index in [0.717, 1.165) is 83.5 Å². The van der Waals surface area contributed by atoms with Crippen LogP contribution in [0.2, 0.25) is 0 Å². The molecule has 0 amide bonds. The van der Waals surface area contributed by atoms with E-state index in [4.69, 9.17) is 9.47 Å². The summed E-state index contributed by atoms with van der Waals surface area (Å²) in [6.07, 6.45) is 79.4. The van der Waals surface area contributed by atoms with Gasteiger partial charge in [0.1, 0.15) is 6.61 Å². The summed E-state index contributed by atoms with van der Waals surface area (Å²) in [4.78, 5) is 24.5. The topological polar surface area (TPSA) is 72.8 Å². The lowest BCUT2D eigenvalue weighted by atomic mass is 10.0. The Balaban J connectivity index is 3.51. The van der Waals surface area contributed by atoms with Gasteiger partial charge >= 0.3 is 11.9 Å². The Morgan fingerprint density at radius 3 is 0.985 bits per heavy atom. The van der Waals surface area contributed by atoms with Gasteiger partial charge in [0.25, 0.3) is 0 Å². The Labute approximate surface area is 408 Å². The van der Waals surface area contributed by atoms with Crippen molar-refractivity contribution >= 4 is 11.9 Å². The van der Waals surface area contributed by atoms with Crippen molar-refractivity contribution in [2.75, 3.05) is 13.2 Å². The van der Waals surface area contributed by atoms with Crippen molar-refractivity contribution in [1.29, 1.82) is 0 Å². The molecule has 0 heterocycles. The zero-order valence-electron chi connectivity index (χ0n) is 43.2. The Kier molecular flexibility index (Phi) is 53.4. The summed E-state index contributed by atoms with van der Waals surface area (Å²) in [5.41, 5.74) is 0. The van der Waals surface area contributed by atoms with Gasteiger partial charge in [-0.25, -0.2) is 0 Å². The van der Waals surface area contributed by atoms with Crippen LogP contribution in [0.5, 0.6) is 0 Å². The summed E-state index contributed by atoms with van der Waals surface area (Å²) in [5, 5.41) is 9.65. The van der Waals surface area contributed by atoms with Crippen molar-refractivity contribution in [2.45, 2.75) is 264 Å². The molecule has 0 rings (SSSR count). The molecule has 1 N–H and O–H groups in total. The first-order valence-electron chi connectivity index (χ1n) is 27.8. The average molecular weight is 917 g/mol. The van der Waals surface area contributed by atoms with Crippen LogP contribution in [0.1, 0.15) is 258 Å². The van der Waals surface area contributed by atoms with E-state index in [1.807, 2.05) is 0 Å². The molecule has 66 heavy (non-hydrogen) atoms. The number of ether oxygens (including phenoxy) is 2. The number of carbonyl (C=O) groups excluding carboxylic acids is 2. The highest BCUT2D eigenvalue weighted by Crippen LogP contribution is 2.16. The fourth-order valence-electron chi connectivity index (χ4n) is 7.71. The summed E-state index contributed by atoms with van der Waals surface area (Å²) < 4.78 is 10.7. The van der Waals surface area contributed by atoms with Crippen LogP contribution in [0, 0.1) is 0 Å². The molecule has 1 unspecified atom stereocenters. The van der Waals surface area contributed by atoms with Crippen LogP contribution in [-0.2, 0) is 19.1 Å². The predicted octanol–water partition coefficient (Wildman–Crippen LogP) is 18.7. The maximum Gasteiger partial charge on any atom is 0.306 e. The largest absolute Gasteiger partial charge is 0.462 e. The zero-order chi connectivity index (χ0) is 47.7. The summed E-state index contributed by atoms with van der Waals surface area (Å²) in [6.45, 7) is 4.01. The second-order valence-corrected chi connectivity index (χ2v) is 18.3. The van der Waals surface area contributed by atoms with Crippen molar-refractivity contribution in [3.8, 4) is 0 Å². The fourth-order valence-corrected chi connectivity index (χ4v) is 7.71. The van der Waals surface area contributed by atoms with E-state index in [1.54, 1.807) is 0 Å². The van der Waals surface area contributed by atoms with Crippen LogP contribution in [0.15, 0.2) is 97.2 Å². The number of hydrogen-bond acceptors (Lipinski definition) is 5. The SMILES string of the molecule is CC/C=C\C/C=C\C/C=C\C/C=C\C/C=C\C/C=C\CCCCCCCCCCCCCCCCC(=O)OC(CO)COC(=O)CCCCCCCCCCC/C=C\C/C=C\CCCCC. The molecule has 0 radical (unpaired) electrons. The zero-order valence-corrected chi connectivity index (χ0v) is 43.2. The van der Waals surface area contributed by atoms with Gasteiger partial charge in [0, 0.05) is 12.8 Å². The summed E-state index contributed by atoms with van der Waals surface area (Å²) in [6, 6.07) is 0. The van der Waals surface area contributed by atoms with Gasteiger partial charge in [-0.2, -0.15) is 0 Å². The molecule has 0 bridgehead atoms. The van der Waals surface area contributed by atoms with E-state index in [0.29, 0.717) is 12.8 Å². The summed E-state index contributed by atoms with van der Waals surface area (Å²) in [7, 11) is 0. The van der Waals surface area contributed by atoms with Crippen LogP contribution in [0.3, 0.4) is 0 Å². The van der Waals surface area contributed by atoms with Crippen LogP contribution in [-0.4, -0.2) is 36.4 Å². The van der Waals surface area contributed by atoms with Crippen molar-refractivity contribution in [2.24, 2.45) is 0 Å². The highest BCUT2D eigenvalue weighted by atomic mass is 16.6. The lowest BCUT2D eigenvalue weighted by molar-refractivity contribution is -0.161. The fraction of sp³-hybridized carbons (Fsp3) is 0.705. The molecule has 0 aliphatic rings. The van der Waals surface area contributed by atoms with Crippen LogP contribution >= 0.6 is 0 Å². The van der Waals surface area contributed by atoms with Gasteiger partial charge in [0.15, 0.2) is 6.10 Å². The molecule has 0 aliphatic heterocycles. The lowest BCUT2D eigenvalue weighted by Gasteiger charge is -2.15. The molecule has 0 aromatic carbocycles. The summed E-state index contributed by atoms with van der Waals surface area (Å²) >= 11 is 0. The number of carbonyl (C=O) groups is 2. The molecule has 0 saturated heterocycles. The van der Waals surface area contributed by atoms with Crippen molar-refractivity contribution in [1.82, 2.24) is 0 Å². The van der Waals surface area contributed by atoms with E-state index >= 15 is 0 Å². The second-order valence-electron chi connectivity index (χ2n) is 18.3. The van der Waals surface area contributed by atoms with Crippen molar-refractivity contribution in [3.63, 3.8) is 0 Å². The third-order valence-electron chi connectivity index (χ3n) is 11.9. The van der Waals surface area contributed by atoms with E-state index in [2.05, 4.69) is 111 Å². The van der Waals surface area contributed by atoms with Crippen LogP contribution in [0.4, 0.5) is 0 Å². The van der Waals surface area contributed by atoms with Gasteiger partial charge in [-0.15, -0.1) is 0 Å². The van der Waals surface area contributed by atoms with Gasteiger partial charge in [-0.05, 0) is 96.3 Å². The lowest BCUT2D eigenvalue weighted by Crippen LogP contribution is -2.28. The Morgan fingerprint density at radius 1 is 0.364 bits per heavy atom. The molecular weight excluding hydrogens is 813 g/mol. The molecule has 0 spiro atoms. The Hall–Kier alpha value is -3.18. The standard InChI is InChI=1S/C61H104O5/c1-3-5-7-9-11-13-15-17-19-21-23-24-25-26-27-28-29-30-31-32-33-34-35-36-38-40-42-44-46-48-50-52-54-56-61(64)66-59(57-62)58-65-60(63)55-53-51-49-47-45-43-41-39-37-22-20-18-16-14-12-10-8-6-4-2/h5,7,11-14,17-20,23-24,26-27,29-30,59,62H,3-4,6,8-10,15-16,21-22,25,28,31-58H2,1-2H3/b7-5-,13-11-,14-12-,19-17-,20-18-,24-23-,27-26-,30-29-. The minimum atomic E-state index is -0.779. The normalized spacial score (nSPS) is 13.0.